The van der Waals surface area contributed by atoms with Gasteiger partial charge in [-0.25, -0.2) is 0 Å². The summed E-state index contributed by atoms with van der Waals surface area (Å²) in [5.41, 5.74) is 8.16. The molecule has 3 aromatic rings. The van der Waals surface area contributed by atoms with Crippen molar-refractivity contribution < 1.29 is 4.74 Å². The highest BCUT2D eigenvalue weighted by Gasteiger charge is 2.10. The minimum atomic E-state index is 0.475. The second-order valence-electron chi connectivity index (χ2n) is 5.23. The maximum absolute atomic E-state index is 12.5. The molecule has 0 spiro atoms. The molecule has 0 heterocycles. The Morgan fingerprint density at radius 1 is 1.04 bits per heavy atom. The number of benzene rings is 3. The molecule has 116 valence electrons. The van der Waals surface area contributed by atoms with Crippen LogP contribution in [0.25, 0.3) is 10.8 Å². The number of rotatable bonds is 4. The second-order valence-corrected chi connectivity index (χ2v) is 6.08. The second kappa shape index (κ2) is 6.86. The van der Waals surface area contributed by atoms with Gasteiger partial charge in [0.1, 0.15) is 0 Å². The topological polar surface area (TPSA) is 52.1 Å². The molecule has 0 bridgehead atoms. The van der Waals surface area contributed by atoms with E-state index in [1.165, 1.54) is 0 Å². The highest BCUT2D eigenvalue weighted by Crippen LogP contribution is 2.27. The van der Waals surface area contributed by atoms with E-state index in [1.54, 1.807) is 30.1 Å². The lowest BCUT2D eigenvalue weighted by molar-refractivity contribution is -0.354. The minimum Gasteiger partial charge on any atom is -0.618 e. The summed E-state index contributed by atoms with van der Waals surface area (Å²) in [4.78, 5) is 1.09. The number of hydrogen-bond acceptors (Lipinski definition) is 3. The summed E-state index contributed by atoms with van der Waals surface area (Å²) in [6.07, 6.45) is 3.68. The van der Waals surface area contributed by atoms with E-state index in [1.807, 2.05) is 36.6 Å². The molecular weight excluding hydrogens is 304 g/mol. The number of nitrogens with two attached hydrogens (primary N) is 1. The van der Waals surface area contributed by atoms with Crippen LogP contribution in [0.1, 0.15) is 11.1 Å². The molecule has 0 unspecified atom stereocenters. The van der Waals surface area contributed by atoms with Gasteiger partial charge in [0.2, 0.25) is 5.69 Å². The zero-order valence-electron chi connectivity index (χ0n) is 12.9. The summed E-state index contributed by atoms with van der Waals surface area (Å²) >= 11 is 1.64. The third kappa shape index (κ3) is 3.23. The summed E-state index contributed by atoms with van der Waals surface area (Å²) in [5, 5.41) is 14.8. The molecule has 4 heteroatoms. The van der Waals surface area contributed by atoms with E-state index < -0.39 is 0 Å². The third-order valence-corrected chi connectivity index (χ3v) is 4.62. The average molecular weight is 322 g/mol. The monoisotopic (exact) mass is 322 g/mol. The molecule has 3 nitrogen and oxygen atoms in total. The summed E-state index contributed by atoms with van der Waals surface area (Å²) in [7, 11) is 0. The summed E-state index contributed by atoms with van der Waals surface area (Å²) in [6, 6.07) is 19.6. The van der Waals surface area contributed by atoms with Crippen molar-refractivity contribution in [2.45, 2.75) is 11.4 Å². The van der Waals surface area contributed by atoms with Crippen LogP contribution < -0.4 is 5.73 Å². The molecule has 0 atom stereocenters. The first-order valence-electron chi connectivity index (χ1n) is 7.39. The van der Waals surface area contributed by atoms with Gasteiger partial charge in [0.15, 0.2) is 6.21 Å². The number of fused-ring (bicyclic) bond motifs is 1. The number of hydrogen-bond donors (Lipinski definition) is 1. The lowest BCUT2D eigenvalue weighted by Crippen LogP contribution is -2.02. The van der Waals surface area contributed by atoms with Crippen molar-refractivity contribution in [2.75, 3.05) is 6.26 Å². The van der Waals surface area contributed by atoms with Crippen molar-refractivity contribution in [1.29, 1.82) is 0 Å². The molecule has 0 radical (unpaired) electrons. The first kappa shape index (κ1) is 15.6. The number of nitrogens with zero attached hydrogens (tertiary/aromatic N) is 1. The molecule has 0 amide bonds. The lowest BCUT2D eigenvalue weighted by atomic mass is 10.1. The van der Waals surface area contributed by atoms with Crippen molar-refractivity contribution in [2.24, 2.45) is 5.73 Å². The fourth-order valence-corrected chi connectivity index (χ4v) is 3.14. The predicted molar refractivity (Wildman–Crippen MR) is 98.5 cm³/mol. The van der Waals surface area contributed by atoms with Gasteiger partial charge in [-0.05, 0) is 28.7 Å². The van der Waals surface area contributed by atoms with E-state index >= 15 is 0 Å². The molecule has 0 aromatic heterocycles. The fourth-order valence-electron chi connectivity index (χ4n) is 2.56. The molecule has 0 saturated carbocycles. The van der Waals surface area contributed by atoms with Crippen LogP contribution in [-0.4, -0.2) is 17.2 Å². The molecule has 2 N–H and O–H groups in total. The Labute approximate surface area is 140 Å². The van der Waals surface area contributed by atoms with Crippen LogP contribution in [0.2, 0.25) is 0 Å². The summed E-state index contributed by atoms with van der Waals surface area (Å²) in [5.74, 6) is 0. The maximum Gasteiger partial charge on any atom is 0.216 e. The van der Waals surface area contributed by atoms with Crippen molar-refractivity contribution in [3.63, 3.8) is 0 Å². The number of thioether (sulfide) groups is 1. The van der Waals surface area contributed by atoms with E-state index in [0.29, 0.717) is 12.2 Å². The highest BCUT2D eigenvalue weighted by atomic mass is 32.2. The van der Waals surface area contributed by atoms with Gasteiger partial charge in [0, 0.05) is 23.6 Å². The van der Waals surface area contributed by atoms with Crippen molar-refractivity contribution in [3.8, 4) is 0 Å². The van der Waals surface area contributed by atoms with Crippen LogP contribution in [0.5, 0.6) is 0 Å². The molecule has 3 aromatic carbocycles. The Bertz CT molecular complexity index is 857. The summed E-state index contributed by atoms with van der Waals surface area (Å²) < 4.78 is 0.918. The van der Waals surface area contributed by atoms with Gasteiger partial charge in [-0.1, -0.05) is 42.5 Å². The Balaban J connectivity index is 2.11. The average Bonchev–Trinajstić information content (AvgIpc) is 2.62. The molecule has 23 heavy (non-hydrogen) atoms. The Kier molecular flexibility index (Phi) is 4.65. The van der Waals surface area contributed by atoms with Gasteiger partial charge >= 0.3 is 0 Å². The molecule has 0 aliphatic heterocycles. The molecular formula is C19H18N2OS. The van der Waals surface area contributed by atoms with Crippen LogP contribution in [-0.2, 0) is 6.54 Å². The zero-order valence-corrected chi connectivity index (χ0v) is 13.7. The standard InChI is InChI=1S/C19H18N2OS/c1-23-19-11-8-15-4-2-3-5-17(15)18(19)13-21(22)16-9-6-14(12-20)7-10-16/h2-11,13H,12,20H2,1H3. The van der Waals surface area contributed by atoms with Crippen LogP contribution in [0, 0.1) is 5.21 Å². The van der Waals surface area contributed by atoms with Gasteiger partial charge in [-0.15, -0.1) is 11.8 Å². The lowest BCUT2D eigenvalue weighted by Gasteiger charge is -2.09. The van der Waals surface area contributed by atoms with E-state index in [2.05, 4.69) is 18.2 Å². The first-order chi connectivity index (χ1) is 11.2. The summed E-state index contributed by atoms with van der Waals surface area (Å²) in [6.45, 7) is 0.475. The van der Waals surface area contributed by atoms with Gasteiger partial charge in [-0.3, -0.25) is 0 Å². The van der Waals surface area contributed by atoms with E-state index in [9.17, 15) is 5.21 Å². The van der Waals surface area contributed by atoms with Gasteiger partial charge in [0.05, 0.1) is 5.56 Å². The first-order valence-corrected chi connectivity index (χ1v) is 8.61. The van der Waals surface area contributed by atoms with E-state index in [4.69, 9.17) is 5.73 Å². The minimum absolute atomic E-state index is 0.475. The van der Waals surface area contributed by atoms with E-state index in [0.717, 1.165) is 31.5 Å². The molecule has 0 aliphatic rings. The normalized spacial score (nSPS) is 11.8. The Morgan fingerprint density at radius 2 is 1.78 bits per heavy atom. The molecule has 0 fully saturated rings. The maximum atomic E-state index is 12.5. The Morgan fingerprint density at radius 3 is 2.48 bits per heavy atom. The molecule has 0 saturated heterocycles. The van der Waals surface area contributed by atoms with Crippen LogP contribution in [0.15, 0.2) is 65.6 Å². The van der Waals surface area contributed by atoms with Gasteiger partial charge < -0.3 is 10.9 Å². The largest absolute Gasteiger partial charge is 0.618 e. The molecule has 0 aliphatic carbocycles. The van der Waals surface area contributed by atoms with Crippen LogP contribution in [0.4, 0.5) is 5.69 Å². The molecule has 3 rings (SSSR count). The van der Waals surface area contributed by atoms with Crippen molar-refractivity contribution >= 4 is 34.4 Å². The predicted octanol–water partition coefficient (Wildman–Crippen LogP) is 4.28. The van der Waals surface area contributed by atoms with Crippen molar-refractivity contribution in [1.82, 2.24) is 0 Å². The van der Waals surface area contributed by atoms with Crippen LogP contribution in [0.3, 0.4) is 0 Å². The van der Waals surface area contributed by atoms with Gasteiger partial charge in [-0.2, -0.15) is 4.74 Å². The van der Waals surface area contributed by atoms with E-state index in [-0.39, 0.29) is 0 Å². The smallest absolute Gasteiger partial charge is 0.216 e. The quantitative estimate of drug-likeness (QED) is 0.256. The fraction of sp³-hybridized carbons (Fsp3) is 0.105. The van der Waals surface area contributed by atoms with Gasteiger partial charge in [0.25, 0.3) is 0 Å². The van der Waals surface area contributed by atoms with Crippen LogP contribution >= 0.6 is 11.8 Å². The Hall–Kier alpha value is -2.30. The third-order valence-electron chi connectivity index (χ3n) is 3.82. The zero-order chi connectivity index (χ0) is 16.2. The van der Waals surface area contributed by atoms with Crippen molar-refractivity contribution in [3.05, 3.63) is 77.0 Å². The highest BCUT2D eigenvalue weighted by molar-refractivity contribution is 7.98. The SMILES string of the molecule is CSc1ccc2ccccc2c1C=[N+]([O-])c1ccc(CN)cc1.